The first-order valence-electron chi connectivity index (χ1n) is 8.95. The second-order valence-corrected chi connectivity index (χ2v) is 6.41. The molecule has 0 aromatic heterocycles. The van der Waals surface area contributed by atoms with E-state index in [-0.39, 0.29) is 30.0 Å². The lowest BCUT2D eigenvalue weighted by Gasteiger charge is -2.26. The summed E-state index contributed by atoms with van der Waals surface area (Å²) in [5, 5.41) is 6.76. The van der Waals surface area contributed by atoms with Gasteiger partial charge in [-0.1, -0.05) is 24.3 Å². The molecule has 0 radical (unpaired) electrons. The molecule has 0 heterocycles. The normalized spacial score (nSPS) is 12.1. The molecule has 1 atom stereocenters. The van der Waals surface area contributed by atoms with E-state index in [4.69, 9.17) is 9.47 Å². The quantitative estimate of drug-likeness (QED) is 0.333. The van der Waals surface area contributed by atoms with Crippen molar-refractivity contribution in [2.75, 3.05) is 41.9 Å². The maximum Gasteiger partial charge on any atom is 0.191 e. The average molecular weight is 498 g/mol. The minimum absolute atomic E-state index is 0. The van der Waals surface area contributed by atoms with Gasteiger partial charge in [-0.2, -0.15) is 0 Å². The molecular formula is C21H31IN4O2. The molecule has 0 aliphatic rings. The van der Waals surface area contributed by atoms with Crippen LogP contribution in [0.5, 0.6) is 11.5 Å². The summed E-state index contributed by atoms with van der Waals surface area (Å²) in [6.45, 7) is 1.39. The Balaban J connectivity index is 0.00000392. The summed E-state index contributed by atoms with van der Waals surface area (Å²) >= 11 is 0. The van der Waals surface area contributed by atoms with Crippen LogP contribution in [0.2, 0.25) is 0 Å². The first-order chi connectivity index (χ1) is 13.1. The van der Waals surface area contributed by atoms with Crippen LogP contribution in [0.4, 0.5) is 0 Å². The second-order valence-electron chi connectivity index (χ2n) is 6.41. The number of rotatable bonds is 8. The molecule has 0 bridgehead atoms. The number of ether oxygens (including phenoxy) is 2. The predicted molar refractivity (Wildman–Crippen MR) is 126 cm³/mol. The number of nitrogens with zero attached hydrogens (tertiary/aromatic N) is 2. The van der Waals surface area contributed by atoms with Crippen LogP contribution in [0.25, 0.3) is 0 Å². The zero-order valence-corrected chi connectivity index (χ0v) is 19.6. The molecule has 154 valence electrons. The minimum Gasteiger partial charge on any atom is -0.497 e. The zero-order valence-electron chi connectivity index (χ0n) is 17.2. The lowest BCUT2D eigenvalue weighted by atomic mass is 10.1. The third-order valence-electron chi connectivity index (χ3n) is 4.38. The van der Waals surface area contributed by atoms with Gasteiger partial charge in [-0.3, -0.25) is 4.99 Å². The van der Waals surface area contributed by atoms with Gasteiger partial charge in [-0.15, -0.1) is 24.0 Å². The van der Waals surface area contributed by atoms with E-state index in [1.807, 2.05) is 30.3 Å². The highest BCUT2D eigenvalue weighted by Crippen LogP contribution is 2.22. The number of hydrogen-bond acceptors (Lipinski definition) is 4. The fourth-order valence-corrected chi connectivity index (χ4v) is 2.83. The molecule has 0 saturated heterocycles. The maximum absolute atomic E-state index is 5.35. The summed E-state index contributed by atoms with van der Waals surface area (Å²) in [5.41, 5.74) is 2.32. The molecule has 1 unspecified atom stereocenters. The summed E-state index contributed by atoms with van der Waals surface area (Å²) in [5.74, 6) is 2.47. The fourth-order valence-electron chi connectivity index (χ4n) is 2.83. The van der Waals surface area contributed by atoms with Gasteiger partial charge in [0.15, 0.2) is 5.96 Å². The Kier molecular flexibility index (Phi) is 10.7. The van der Waals surface area contributed by atoms with Gasteiger partial charge in [0.05, 0.1) is 20.3 Å². The Morgan fingerprint density at radius 3 is 2.25 bits per heavy atom. The third-order valence-corrected chi connectivity index (χ3v) is 4.38. The van der Waals surface area contributed by atoms with Gasteiger partial charge in [-0.05, 0) is 49.5 Å². The number of guanidine groups is 1. The molecule has 0 aliphatic carbocycles. The summed E-state index contributed by atoms with van der Waals surface area (Å²) in [6, 6.07) is 16.3. The highest BCUT2D eigenvalue weighted by Gasteiger charge is 2.15. The molecule has 7 heteroatoms. The van der Waals surface area contributed by atoms with Crippen LogP contribution < -0.4 is 20.1 Å². The van der Waals surface area contributed by atoms with Crippen LogP contribution in [0.15, 0.2) is 53.5 Å². The van der Waals surface area contributed by atoms with Crippen molar-refractivity contribution in [1.82, 2.24) is 15.5 Å². The summed E-state index contributed by atoms with van der Waals surface area (Å²) in [7, 11) is 9.27. The van der Waals surface area contributed by atoms with Gasteiger partial charge in [0.2, 0.25) is 0 Å². The third kappa shape index (κ3) is 7.20. The van der Waals surface area contributed by atoms with Gasteiger partial charge in [0.1, 0.15) is 11.5 Å². The smallest absolute Gasteiger partial charge is 0.191 e. The Morgan fingerprint density at radius 1 is 1.00 bits per heavy atom. The number of hydrogen-bond donors (Lipinski definition) is 2. The van der Waals surface area contributed by atoms with Crippen molar-refractivity contribution in [3.8, 4) is 11.5 Å². The number of likely N-dealkylation sites (N-methyl/N-ethyl adjacent to an activating group) is 1. The number of methoxy groups -OCH3 is 2. The topological polar surface area (TPSA) is 58.1 Å². The number of benzene rings is 2. The fraction of sp³-hybridized carbons (Fsp3) is 0.381. The molecule has 0 saturated carbocycles. The Labute approximate surface area is 185 Å². The number of aliphatic imine (C=N–C) groups is 1. The highest BCUT2D eigenvalue weighted by atomic mass is 127. The molecule has 0 fully saturated rings. The lowest BCUT2D eigenvalue weighted by molar-refractivity contribution is 0.297. The highest BCUT2D eigenvalue weighted by molar-refractivity contribution is 14.0. The number of nitrogens with one attached hydrogen (secondary N) is 2. The van der Waals surface area contributed by atoms with Gasteiger partial charge < -0.3 is 25.0 Å². The van der Waals surface area contributed by atoms with E-state index in [1.165, 1.54) is 5.56 Å². The van der Waals surface area contributed by atoms with E-state index in [0.717, 1.165) is 29.6 Å². The van der Waals surface area contributed by atoms with E-state index in [0.29, 0.717) is 6.54 Å². The molecule has 2 N–H and O–H groups in total. The Morgan fingerprint density at radius 2 is 1.64 bits per heavy atom. The van der Waals surface area contributed by atoms with Crippen LogP contribution in [0.1, 0.15) is 17.2 Å². The maximum atomic E-state index is 5.35. The van der Waals surface area contributed by atoms with Crippen molar-refractivity contribution >= 4 is 29.9 Å². The molecule has 2 rings (SSSR count). The molecule has 0 spiro atoms. The van der Waals surface area contributed by atoms with E-state index in [1.54, 1.807) is 21.3 Å². The molecular weight excluding hydrogens is 467 g/mol. The molecule has 28 heavy (non-hydrogen) atoms. The van der Waals surface area contributed by atoms with Crippen LogP contribution in [-0.2, 0) is 6.54 Å². The summed E-state index contributed by atoms with van der Waals surface area (Å²) in [6.07, 6.45) is 0. The number of halogens is 1. The summed E-state index contributed by atoms with van der Waals surface area (Å²) in [4.78, 5) is 6.50. The summed E-state index contributed by atoms with van der Waals surface area (Å²) < 4.78 is 10.6. The largest absolute Gasteiger partial charge is 0.497 e. The monoisotopic (exact) mass is 498 g/mol. The van der Waals surface area contributed by atoms with Crippen molar-refractivity contribution in [3.63, 3.8) is 0 Å². The van der Waals surface area contributed by atoms with Crippen LogP contribution in [-0.4, -0.2) is 52.8 Å². The van der Waals surface area contributed by atoms with Crippen molar-refractivity contribution in [1.29, 1.82) is 0 Å². The zero-order chi connectivity index (χ0) is 19.6. The van der Waals surface area contributed by atoms with E-state index < -0.39 is 0 Å². The standard InChI is InChI=1S/C21H30N4O2.HI/c1-22-21(23-14-16-8-6-10-18(12-16)26-4)24-15-20(25(2)3)17-9-7-11-19(13-17)27-5;/h6-13,20H,14-15H2,1-5H3,(H2,22,23,24);1H. The second kappa shape index (κ2) is 12.5. The van der Waals surface area contributed by atoms with Crippen LogP contribution >= 0.6 is 24.0 Å². The lowest BCUT2D eigenvalue weighted by Crippen LogP contribution is -2.41. The minimum atomic E-state index is 0. The van der Waals surface area contributed by atoms with Crippen molar-refractivity contribution < 1.29 is 9.47 Å². The van der Waals surface area contributed by atoms with Gasteiger partial charge in [-0.25, -0.2) is 0 Å². The molecule has 6 nitrogen and oxygen atoms in total. The SMILES string of the molecule is CN=C(NCc1cccc(OC)c1)NCC(c1cccc(OC)c1)N(C)C.I. The molecule has 2 aromatic carbocycles. The molecule has 0 amide bonds. The van der Waals surface area contributed by atoms with Gasteiger partial charge in [0.25, 0.3) is 0 Å². The van der Waals surface area contributed by atoms with Gasteiger partial charge in [0, 0.05) is 20.1 Å². The van der Waals surface area contributed by atoms with E-state index in [2.05, 4.69) is 52.8 Å². The molecule has 2 aromatic rings. The first kappa shape index (κ1) is 24.0. The average Bonchev–Trinajstić information content (AvgIpc) is 2.70. The Hall–Kier alpha value is -2.00. The van der Waals surface area contributed by atoms with Crippen molar-refractivity contribution in [2.45, 2.75) is 12.6 Å². The van der Waals surface area contributed by atoms with Crippen LogP contribution in [0, 0.1) is 0 Å². The van der Waals surface area contributed by atoms with Crippen molar-refractivity contribution in [3.05, 3.63) is 59.7 Å². The van der Waals surface area contributed by atoms with Gasteiger partial charge >= 0.3 is 0 Å². The molecule has 0 aliphatic heterocycles. The first-order valence-corrected chi connectivity index (χ1v) is 8.95. The van der Waals surface area contributed by atoms with E-state index in [9.17, 15) is 0 Å². The van der Waals surface area contributed by atoms with Crippen molar-refractivity contribution in [2.24, 2.45) is 4.99 Å². The van der Waals surface area contributed by atoms with E-state index >= 15 is 0 Å². The Bertz CT molecular complexity index is 753. The predicted octanol–water partition coefficient (Wildman–Crippen LogP) is 3.29. The van der Waals surface area contributed by atoms with Crippen LogP contribution in [0.3, 0.4) is 0 Å².